The van der Waals surface area contributed by atoms with Crippen LogP contribution < -0.4 is 0 Å². The predicted molar refractivity (Wildman–Crippen MR) is 45.1 cm³/mol. The van der Waals surface area contributed by atoms with Crippen LogP contribution in [0.2, 0.25) is 5.02 Å². The Morgan fingerprint density at radius 1 is 1.53 bits per heavy atom. The van der Waals surface area contributed by atoms with Crippen molar-refractivity contribution in [3.05, 3.63) is 28.5 Å². The molecule has 0 spiro atoms. The van der Waals surface area contributed by atoms with Gasteiger partial charge in [-0.15, -0.1) is 0 Å². The standard InChI is InChI=1S/C8H5ClF3NO2/c9-7-2-13-5(3-15-4-14)1-6(7)8(10,11)12/h1-2,4H,3H2. The summed E-state index contributed by atoms with van der Waals surface area (Å²) in [5.41, 5.74) is -1.01. The van der Waals surface area contributed by atoms with Crippen LogP contribution in [0.4, 0.5) is 13.2 Å². The van der Waals surface area contributed by atoms with E-state index in [1.807, 2.05) is 0 Å². The lowest BCUT2D eigenvalue weighted by atomic mass is 10.2. The molecule has 0 saturated carbocycles. The quantitative estimate of drug-likeness (QED) is 0.761. The highest BCUT2D eigenvalue weighted by atomic mass is 35.5. The van der Waals surface area contributed by atoms with E-state index in [0.29, 0.717) is 0 Å². The fourth-order valence-electron chi connectivity index (χ4n) is 0.898. The first kappa shape index (κ1) is 11.8. The van der Waals surface area contributed by atoms with Gasteiger partial charge < -0.3 is 4.74 Å². The zero-order valence-electron chi connectivity index (χ0n) is 7.21. The third-order valence-corrected chi connectivity index (χ3v) is 1.82. The third-order valence-electron chi connectivity index (χ3n) is 1.52. The smallest absolute Gasteiger partial charge is 0.417 e. The molecule has 0 saturated heterocycles. The van der Waals surface area contributed by atoms with Gasteiger partial charge >= 0.3 is 6.18 Å². The second-order valence-electron chi connectivity index (χ2n) is 2.56. The Balaban J connectivity index is 3.00. The summed E-state index contributed by atoms with van der Waals surface area (Å²) in [5.74, 6) is 0. The van der Waals surface area contributed by atoms with Crippen molar-refractivity contribution in [2.75, 3.05) is 0 Å². The van der Waals surface area contributed by atoms with E-state index in [-0.39, 0.29) is 18.8 Å². The number of alkyl halides is 3. The maximum atomic E-state index is 12.3. The van der Waals surface area contributed by atoms with Crippen molar-refractivity contribution in [3.63, 3.8) is 0 Å². The highest BCUT2D eigenvalue weighted by Gasteiger charge is 2.33. The molecule has 82 valence electrons. The van der Waals surface area contributed by atoms with E-state index in [2.05, 4.69) is 9.72 Å². The van der Waals surface area contributed by atoms with E-state index in [0.717, 1.165) is 12.3 Å². The van der Waals surface area contributed by atoms with Crippen LogP contribution in [0.5, 0.6) is 0 Å². The summed E-state index contributed by atoms with van der Waals surface area (Å²) < 4.78 is 41.3. The van der Waals surface area contributed by atoms with Crippen molar-refractivity contribution >= 4 is 18.1 Å². The maximum absolute atomic E-state index is 12.3. The van der Waals surface area contributed by atoms with E-state index in [9.17, 15) is 18.0 Å². The van der Waals surface area contributed by atoms with Crippen LogP contribution in [0, 0.1) is 0 Å². The number of carbonyl (C=O) groups is 1. The minimum Gasteiger partial charge on any atom is -0.461 e. The fourth-order valence-corrected chi connectivity index (χ4v) is 1.11. The Hall–Kier alpha value is -1.30. The number of hydrogen-bond donors (Lipinski definition) is 0. The summed E-state index contributed by atoms with van der Waals surface area (Å²) in [7, 11) is 0. The van der Waals surface area contributed by atoms with Crippen molar-refractivity contribution in [2.24, 2.45) is 0 Å². The molecule has 1 aromatic heterocycles. The van der Waals surface area contributed by atoms with Gasteiger partial charge in [0, 0.05) is 6.20 Å². The number of halogens is 4. The first-order chi connectivity index (χ1) is 6.95. The Morgan fingerprint density at radius 2 is 2.20 bits per heavy atom. The summed E-state index contributed by atoms with van der Waals surface area (Å²) in [4.78, 5) is 13.4. The average molecular weight is 240 g/mol. The van der Waals surface area contributed by atoms with Gasteiger partial charge in [0.05, 0.1) is 16.3 Å². The van der Waals surface area contributed by atoms with Gasteiger partial charge in [-0.25, -0.2) is 0 Å². The summed E-state index contributed by atoms with van der Waals surface area (Å²) in [6.07, 6.45) is -3.68. The molecule has 0 atom stereocenters. The molecule has 0 aliphatic heterocycles. The topological polar surface area (TPSA) is 39.2 Å². The predicted octanol–water partition coefficient (Wildman–Crippen LogP) is 2.43. The van der Waals surface area contributed by atoms with E-state index in [1.54, 1.807) is 0 Å². The van der Waals surface area contributed by atoms with Gasteiger partial charge in [0.25, 0.3) is 6.47 Å². The maximum Gasteiger partial charge on any atom is 0.417 e. The normalized spacial score (nSPS) is 11.2. The minimum absolute atomic E-state index is 0.0150. The van der Waals surface area contributed by atoms with Crippen LogP contribution >= 0.6 is 11.6 Å². The lowest BCUT2D eigenvalue weighted by Crippen LogP contribution is -2.08. The van der Waals surface area contributed by atoms with Gasteiger partial charge in [-0.3, -0.25) is 9.78 Å². The number of carbonyl (C=O) groups excluding carboxylic acids is 1. The molecule has 0 N–H and O–H groups in total. The van der Waals surface area contributed by atoms with Crippen molar-refractivity contribution < 1.29 is 22.7 Å². The second-order valence-corrected chi connectivity index (χ2v) is 2.97. The van der Waals surface area contributed by atoms with Gasteiger partial charge in [-0.1, -0.05) is 11.6 Å². The zero-order valence-corrected chi connectivity index (χ0v) is 7.97. The van der Waals surface area contributed by atoms with Crippen LogP contribution in [0.3, 0.4) is 0 Å². The molecule has 1 aromatic rings. The Kier molecular flexibility index (Phi) is 3.52. The lowest BCUT2D eigenvalue weighted by Gasteiger charge is -2.09. The lowest BCUT2D eigenvalue weighted by molar-refractivity contribution is -0.137. The van der Waals surface area contributed by atoms with E-state index >= 15 is 0 Å². The van der Waals surface area contributed by atoms with Gasteiger partial charge in [-0.05, 0) is 6.07 Å². The molecular formula is C8H5ClF3NO2. The Bertz CT molecular complexity index is 367. The first-order valence-electron chi connectivity index (χ1n) is 3.72. The van der Waals surface area contributed by atoms with E-state index in [4.69, 9.17) is 11.6 Å². The number of aromatic nitrogens is 1. The summed E-state index contributed by atoms with van der Waals surface area (Å²) in [6, 6.07) is 0.742. The van der Waals surface area contributed by atoms with Crippen molar-refractivity contribution in [1.29, 1.82) is 0 Å². The molecule has 15 heavy (non-hydrogen) atoms. The van der Waals surface area contributed by atoms with Gasteiger partial charge in [0.1, 0.15) is 6.61 Å². The molecule has 0 aliphatic rings. The molecule has 0 fully saturated rings. The third kappa shape index (κ3) is 3.09. The van der Waals surface area contributed by atoms with Crippen LogP contribution in [0.15, 0.2) is 12.3 Å². The Labute approximate surface area is 87.8 Å². The minimum atomic E-state index is -4.55. The van der Waals surface area contributed by atoms with Gasteiger partial charge in [0.2, 0.25) is 0 Å². The first-order valence-corrected chi connectivity index (χ1v) is 4.10. The second kappa shape index (κ2) is 4.48. The van der Waals surface area contributed by atoms with Crippen molar-refractivity contribution in [1.82, 2.24) is 4.98 Å². The highest BCUT2D eigenvalue weighted by Crippen LogP contribution is 2.34. The number of nitrogens with zero attached hydrogens (tertiary/aromatic N) is 1. The van der Waals surface area contributed by atoms with Gasteiger partial charge in [-0.2, -0.15) is 13.2 Å². The van der Waals surface area contributed by atoms with Crippen LogP contribution in [-0.4, -0.2) is 11.5 Å². The summed E-state index contributed by atoms with van der Waals surface area (Å²) >= 11 is 5.32. The van der Waals surface area contributed by atoms with Crippen LogP contribution in [0.25, 0.3) is 0 Å². The number of rotatable bonds is 3. The molecule has 3 nitrogen and oxygen atoms in total. The summed E-state index contributed by atoms with van der Waals surface area (Å²) in [6.45, 7) is -0.187. The highest BCUT2D eigenvalue weighted by molar-refractivity contribution is 6.31. The van der Waals surface area contributed by atoms with E-state index in [1.165, 1.54) is 0 Å². The van der Waals surface area contributed by atoms with Crippen LogP contribution in [0.1, 0.15) is 11.3 Å². The van der Waals surface area contributed by atoms with E-state index < -0.39 is 16.8 Å². The Morgan fingerprint density at radius 3 is 2.73 bits per heavy atom. The monoisotopic (exact) mass is 239 g/mol. The SMILES string of the molecule is O=COCc1cc(C(F)(F)F)c(Cl)cn1. The number of hydrogen-bond acceptors (Lipinski definition) is 3. The van der Waals surface area contributed by atoms with Crippen molar-refractivity contribution in [2.45, 2.75) is 12.8 Å². The zero-order chi connectivity index (χ0) is 11.5. The largest absolute Gasteiger partial charge is 0.461 e. The average Bonchev–Trinajstić information content (AvgIpc) is 2.15. The van der Waals surface area contributed by atoms with Crippen molar-refractivity contribution in [3.8, 4) is 0 Å². The van der Waals surface area contributed by atoms with Gasteiger partial charge in [0.15, 0.2) is 0 Å². The molecule has 1 rings (SSSR count). The number of pyridine rings is 1. The summed E-state index contributed by atoms with van der Waals surface area (Å²) in [5, 5.41) is -0.489. The number of ether oxygens (including phenoxy) is 1. The molecule has 1 heterocycles. The fraction of sp³-hybridized carbons (Fsp3) is 0.250. The molecular weight excluding hydrogens is 235 g/mol. The molecule has 0 unspecified atom stereocenters. The molecule has 0 amide bonds. The molecule has 0 bridgehead atoms. The molecule has 0 radical (unpaired) electrons. The molecule has 0 aliphatic carbocycles. The molecule has 0 aromatic carbocycles. The molecule has 7 heteroatoms. The van der Waals surface area contributed by atoms with Crippen LogP contribution in [-0.2, 0) is 22.3 Å².